The Labute approximate surface area is 151 Å². The molecule has 1 atom stereocenters. The van der Waals surface area contributed by atoms with E-state index < -0.39 is 0 Å². The molecule has 0 aliphatic carbocycles. The van der Waals surface area contributed by atoms with Crippen molar-refractivity contribution in [1.29, 1.82) is 0 Å². The van der Waals surface area contributed by atoms with Gasteiger partial charge in [0.25, 0.3) is 0 Å². The second kappa shape index (κ2) is 7.63. The molecule has 0 saturated carbocycles. The van der Waals surface area contributed by atoms with Crippen LogP contribution in [0.25, 0.3) is 0 Å². The van der Waals surface area contributed by atoms with Gasteiger partial charge in [0, 0.05) is 11.9 Å². The van der Waals surface area contributed by atoms with E-state index >= 15 is 0 Å². The average Bonchev–Trinajstić information content (AvgIpc) is 3.21. The fourth-order valence-corrected chi connectivity index (χ4v) is 3.64. The molecule has 0 fully saturated rings. The van der Waals surface area contributed by atoms with E-state index in [0.717, 1.165) is 22.6 Å². The summed E-state index contributed by atoms with van der Waals surface area (Å²) in [5.74, 6) is -0.0725. The molecule has 0 aliphatic heterocycles. The van der Waals surface area contributed by atoms with Crippen LogP contribution in [0.3, 0.4) is 0 Å². The number of aryl methyl sites for hydroxylation is 2. The summed E-state index contributed by atoms with van der Waals surface area (Å²) in [6.45, 7) is 4.07. The highest BCUT2D eigenvalue weighted by Crippen LogP contribution is 2.25. The molecule has 6 heteroatoms. The molecule has 130 valence electrons. The summed E-state index contributed by atoms with van der Waals surface area (Å²) in [5, 5.41) is 12.7. The Bertz CT molecular complexity index is 840. The van der Waals surface area contributed by atoms with Gasteiger partial charge in [-0.3, -0.25) is 14.8 Å². The minimum atomic E-state index is -0.0725. The van der Waals surface area contributed by atoms with E-state index in [2.05, 4.69) is 39.3 Å². The second-order valence-corrected chi connectivity index (χ2v) is 6.94. The van der Waals surface area contributed by atoms with Crippen molar-refractivity contribution in [3.05, 3.63) is 69.7 Å². The molecular weight excluding hydrogens is 332 g/mol. The van der Waals surface area contributed by atoms with Gasteiger partial charge in [0.2, 0.25) is 5.91 Å². The Balaban J connectivity index is 1.70. The molecule has 0 radical (unpaired) electrons. The molecule has 1 amide bonds. The van der Waals surface area contributed by atoms with Crippen LogP contribution < -0.4 is 10.6 Å². The van der Waals surface area contributed by atoms with Crippen molar-refractivity contribution in [3.63, 3.8) is 0 Å². The first-order valence-corrected chi connectivity index (χ1v) is 9.06. The van der Waals surface area contributed by atoms with E-state index in [1.807, 2.05) is 45.2 Å². The number of hydrogen-bond acceptors (Lipinski definition) is 4. The van der Waals surface area contributed by atoms with Crippen molar-refractivity contribution in [2.75, 3.05) is 11.9 Å². The van der Waals surface area contributed by atoms with Gasteiger partial charge < -0.3 is 5.32 Å². The SMILES string of the molecule is Cc1nn(C)c(C)c1NC(=O)CN[C@@H](c1ccccc1)c1cccs1. The van der Waals surface area contributed by atoms with Gasteiger partial charge in [0.1, 0.15) is 0 Å². The molecule has 3 rings (SSSR count). The average molecular weight is 354 g/mol. The van der Waals surface area contributed by atoms with Crippen molar-refractivity contribution in [2.45, 2.75) is 19.9 Å². The predicted octanol–water partition coefficient (Wildman–Crippen LogP) is 3.42. The van der Waals surface area contributed by atoms with E-state index in [0.29, 0.717) is 0 Å². The minimum absolute atomic E-state index is 0.00282. The predicted molar refractivity (Wildman–Crippen MR) is 102 cm³/mol. The van der Waals surface area contributed by atoms with Gasteiger partial charge in [-0.05, 0) is 30.9 Å². The fraction of sp³-hybridized carbons (Fsp3) is 0.263. The van der Waals surface area contributed by atoms with E-state index in [1.165, 1.54) is 4.88 Å². The first kappa shape index (κ1) is 17.4. The highest BCUT2D eigenvalue weighted by molar-refractivity contribution is 7.10. The Hall–Kier alpha value is -2.44. The third-order valence-electron chi connectivity index (χ3n) is 4.20. The lowest BCUT2D eigenvalue weighted by Gasteiger charge is -2.18. The minimum Gasteiger partial charge on any atom is -0.322 e. The maximum absolute atomic E-state index is 12.4. The van der Waals surface area contributed by atoms with Gasteiger partial charge >= 0.3 is 0 Å². The van der Waals surface area contributed by atoms with Crippen LogP contribution in [-0.4, -0.2) is 22.2 Å². The smallest absolute Gasteiger partial charge is 0.238 e. The van der Waals surface area contributed by atoms with Crippen molar-refractivity contribution < 1.29 is 4.79 Å². The van der Waals surface area contributed by atoms with Crippen LogP contribution in [0.5, 0.6) is 0 Å². The molecule has 5 nitrogen and oxygen atoms in total. The first-order chi connectivity index (χ1) is 12.1. The normalized spacial score (nSPS) is 12.1. The number of benzene rings is 1. The molecule has 2 aromatic heterocycles. The Kier molecular flexibility index (Phi) is 5.31. The number of carbonyl (C=O) groups excluding carboxylic acids is 1. The summed E-state index contributed by atoms with van der Waals surface area (Å²) in [6.07, 6.45) is 0. The van der Waals surface area contributed by atoms with Crippen LogP contribution in [-0.2, 0) is 11.8 Å². The van der Waals surface area contributed by atoms with E-state index in [-0.39, 0.29) is 18.5 Å². The highest BCUT2D eigenvalue weighted by Gasteiger charge is 2.17. The monoisotopic (exact) mass is 354 g/mol. The molecule has 0 spiro atoms. The van der Waals surface area contributed by atoms with E-state index in [4.69, 9.17) is 0 Å². The molecule has 0 unspecified atom stereocenters. The quantitative estimate of drug-likeness (QED) is 0.713. The van der Waals surface area contributed by atoms with E-state index in [9.17, 15) is 4.79 Å². The van der Waals surface area contributed by atoms with Crippen molar-refractivity contribution in [3.8, 4) is 0 Å². The summed E-state index contributed by atoms with van der Waals surface area (Å²) in [4.78, 5) is 13.6. The van der Waals surface area contributed by atoms with Crippen LogP contribution in [0.4, 0.5) is 5.69 Å². The number of anilines is 1. The third-order valence-corrected chi connectivity index (χ3v) is 5.14. The molecule has 0 aliphatic rings. The van der Waals surface area contributed by atoms with Crippen molar-refractivity contribution >= 4 is 22.9 Å². The van der Waals surface area contributed by atoms with Gasteiger partial charge in [-0.25, -0.2) is 0 Å². The number of aromatic nitrogens is 2. The van der Waals surface area contributed by atoms with Gasteiger partial charge in [-0.1, -0.05) is 36.4 Å². The van der Waals surface area contributed by atoms with Gasteiger partial charge in [0.05, 0.1) is 29.7 Å². The summed E-state index contributed by atoms with van der Waals surface area (Å²) in [6, 6.07) is 14.3. The second-order valence-electron chi connectivity index (χ2n) is 5.96. The summed E-state index contributed by atoms with van der Waals surface area (Å²) in [7, 11) is 1.87. The molecular formula is C19H22N4OS. The zero-order chi connectivity index (χ0) is 17.8. The first-order valence-electron chi connectivity index (χ1n) is 8.18. The number of amides is 1. The number of nitrogens with zero attached hydrogens (tertiary/aromatic N) is 2. The lowest BCUT2D eigenvalue weighted by Crippen LogP contribution is -2.31. The number of rotatable bonds is 6. The van der Waals surface area contributed by atoms with E-state index in [1.54, 1.807) is 16.0 Å². The summed E-state index contributed by atoms with van der Waals surface area (Å²) >= 11 is 1.68. The summed E-state index contributed by atoms with van der Waals surface area (Å²) in [5.41, 5.74) is 3.71. The van der Waals surface area contributed by atoms with Crippen LogP contribution in [0.2, 0.25) is 0 Å². The lowest BCUT2D eigenvalue weighted by molar-refractivity contribution is -0.115. The van der Waals surface area contributed by atoms with Gasteiger partial charge in [-0.15, -0.1) is 11.3 Å². The number of hydrogen-bond donors (Lipinski definition) is 2. The van der Waals surface area contributed by atoms with Gasteiger partial charge in [0.15, 0.2) is 0 Å². The zero-order valence-corrected chi connectivity index (χ0v) is 15.4. The molecule has 25 heavy (non-hydrogen) atoms. The maximum Gasteiger partial charge on any atom is 0.238 e. The molecule has 2 heterocycles. The van der Waals surface area contributed by atoms with Crippen LogP contribution in [0, 0.1) is 13.8 Å². The number of nitrogens with one attached hydrogen (secondary N) is 2. The standard InChI is InChI=1S/C19H22N4OS/c1-13-18(14(2)23(3)22-13)21-17(24)12-20-19(16-10-7-11-25-16)15-8-5-4-6-9-15/h4-11,19-20H,12H2,1-3H3,(H,21,24)/t19-/m0/s1. The van der Waals surface area contributed by atoms with Crippen molar-refractivity contribution in [2.24, 2.45) is 7.05 Å². The Morgan fingerprint density at radius 2 is 1.96 bits per heavy atom. The van der Waals surface area contributed by atoms with Crippen LogP contribution in [0.1, 0.15) is 27.9 Å². The topological polar surface area (TPSA) is 59.0 Å². The van der Waals surface area contributed by atoms with Gasteiger partial charge in [-0.2, -0.15) is 5.10 Å². The molecule has 1 aromatic carbocycles. The number of thiophene rings is 1. The highest BCUT2D eigenvalue weighted by atomic mass is 32.1. The van der Waals surface area contributed by atoms with Crippen molar-refractivity contribution in [1.82, 2.24) is 15.1 Å². The summed E-state index contributed by atoms with van der Waals surface area (Å²) < 4.78 is 1.77. The fourth-order valence-electron chi connectivity index (χ4n) is 2.82. The Morgan fingerprint density at radius 3 is 2.56 bits per heavy atom. The zero-order valence-electron chi connectivity index (χ0n) is 14.6. The molecule has 0 bridgehead atoms. The maximum atomic E-state index is 12.4. The molecule has 0 saturated heterocycles. The number of carbonyl (C=O) groups is 1. The molecule has 2 N–H and O–H groups in total. The third kappa shape index (κ3) is 3.97. The van der Waals surface area contributed by atoms with Crippen LogP contribution >= 0.6 is 11.3 Å². The van der Waals surface area contributed by atoms with Crippen LogP contribution in [0.15, 0.2) is 47.8 Å². The lowest BCUT2D eigenvalue weighted by atomic mass is 10.1. The Morgan fingerprint density at radius 1 is 1.20 bits per heavy atom. The largest absolute Gasteiger partial charge is 0.322 e. The molecule has 3 aromatic rings.